The SMILES string of the molecule is CCCCCC(CCC)CCC(C)=O. The van der Waals surface area contributed by atoms with Gasteiger partial charge in [-0.1, -0.05) is 52.4 Å². The van der Waals surface area contributed by atoms with Gasteiger partial charge in [0.1, 0.15) is 5.78 Å². The summed E-state index contributed by atoms with van der Waals surface area (Å²) >= 11 is 0. The predicted molar refractivity (Wildman–Crippen MR) is 62.5 cm³/mol. The van der Waals surface area contributed by atoms with Gasteiger partial charge in [-0.2, -0.15) is 0 Å². The monoisotopic (exact) mass is 198 g/mol. The van der Waals surface area contributed by atoms with E-state index in [1.807, 2.05) is 0 Å². The first kappa shape index (κ1) is 13.7. The van der Waals surface area contributed by atoms with E-state index < -0.39 is 0 Å². The number of ketones is 1. The van der Waals surface area contributed by atoms with Gasteiger partial charge in [-0.3, -0.25) is 0 Å². The molecule has 0 spiro atoms. The number of hydrogen-bond donors (Lipinski definition) is 0. The van der Waals surface area contributed by atoms with Crippen LogP contribution in [0.15, 0.2) is 0 Å². The summed E-state index contributed by atoms with van der Waals surface area (Å²) in [7, 11) is 0. The molecule has 1 atom stereocenters. The van der Waals surface area contributed by atoms with Crippen LogP contribution in [-0.2, 0) is 4.79 Å². The molecule has 0 rings (SSSR count). The van der Waals surface area contributed by atoms with Gasteiger partial charge in [0, 0.05) is 6.42 Å². The van der Waals surface area contributed by atoms with E-state index in [9.17, 15) is 4.79 Å². The van der Waals surface area contributed by atoms with Crippen LogP contribution in [0.1, 0.15) is 72.1 Å². The summed E-state index contributed by atoms with van der Waals surface area (Å²) in [6.45, 7) is 6.18. The third kappa shape index (κ3) is 8.28. The van der Waals surface area contributed by atoms with E-state index in [4.69, 9.17) is 0 Å². The van der Waals surface area contributed by atoms with E-state index in [0.29, 0.717) is 5.78 Å². The Hall–Kier alpha value is -0.330. The molecule has 0 amide bonds. The summed E-state index contributed by atoms with van der Waals surface area (Å²) < 4.78 is 0. The number of rotatable bonds is 9. The van der Waals surface area contributed by atoms with Gasteiger partial charge < -0.3 is 4.79 Å². The molecule has 0 N–H and O–H groups in total. The Morgan fingerprint density at radius 3 is 2.21 bits per heavy atom. The van der Waals surface area contributed by atoms with Crippen LogP contribution in [0.4, 0.5) is 0 Å². The average molecular weight is 198 g/mol. The highest BCUT2D eigenvalue weighted by Gasteiger charge is 2.08. The summed E-state index contributed by atoms with van der Waals surface area (Å²) in [5.74, 6) is 1.15. The lowest BCUT2D eigenvalue weighted by Crippen LogP contribution is -2.03. The van der Waals surface area contributed by atoms with Gasteiger partial charge >= 0.3 is 0 Å². The Labute approximate surface area is 89.3 Å². The lowest BCUT2D eigenvalue weighted by Gasteiger charge is -2.14. The molecule has 0 aromatic rings. The summed E-state index contributed by atoms with van der Waals surface area (Å²) in [4.78, 5) is 10.9. The zero-order valence-electron chi connectivity index (χ0n) is 10.1. The number of unbranched alkanes of at least 4 members (excludes halogenated alkanes) is 2. The molecule has 14 heavy (non-hydrogen) atoms. The standard InChI is InChI=1S/C13H26O/c1-4-6-7-9-13(8-5-2)11-10-12(3)14/h13H,4-11H2,1-3H3. The lowest BCUT2D eigenvalue weighted by molar-refractivity contribution is -0.117. The molecule has 0 aliphatic rings. The number of hydrogen-bond acceptors (Lipinski definition) is 1. The highest BCUT2D eigenvalue weighted by atomic mass is 16.1. The van der Waals surface area contributed by atoms with Crippen LogP contribution < -0.4 is 0 Å². The van der Waals surface area contributed by atoms with Crippen LogP contribution in [0.3, 0.4) is 0 Å². The molecule has 0 radical (unpaired) electrons. The molecule has 0 saturated heterocycles. The number of carbonyl (C=O) groups excluding carboxylic acids is 1. The fraction of sp³-hybridized carbons (Fsp3) is 0.923. The summed E-state index contributed by atoms with van der Waals surface area (Å²) in [5.41, 5.74) is 0. The van der Waals surface area contributed by atoms with Crippen molar-refractivity contribution in [2.75, 3.05) is 0 Å². The molecular formula is C13H26O. The Kier molecular flexibility index (Phi) is 9.02. The first-order chi connectivity index (χ1) is 6.70. The Morgan fingerprint density at radius 2 is 1.71 bits per heavy atom. The minimum Gasteiger partial charge on any atom is -0.300 e. The summed E-state index contributed by atoms with van der Waals surface area (Å²) in [6.07, 6.45) is 9.79. The zero-order valence-corrected chi connectivity index (χ0v) is 10.1. The van der Waals surface area contributed by atoms with Crippen molar-refractivity contribution in [3.63, 3.8) is 0 Å². The molecule has 0 aromatic carbocycles. The van der Waals surface area contributed by atoms with Crippen LogP contribution in [0, 0.1) is 5.92 Å². The van der Waals surface area contributed by atoms with Crippen molar-refractivity contribution < 1.29 is 4.79 Å². The maximum absolute atomic E-state index is 10.9. The van der Waals surface area contributed by atoms with E-state index >= 15 is 0 Å². The van der Waals surface area contributed by atoms with Gasteiger partial charge in [-0.05, 0) is 19.3 Å². The van der Waals surface area contributed by atoms with Crippen LogP contribution in [0.2, 0.25) is 0 Å². The van der Waals surface area contributed by atoms with Gasteiger partial charge in [0.2, 0.25) is 0 Å². The normalized spacial score (nSPS) is 12.8. The second-order valence-corrected chi connectivity index (χ2v) is 4.39. The van der Waals surface area contributed by atoms with Crippen molar-refractivity contribution in [2.45, 2.75) is 72.1 Å². The zero-order chi connectivity index (χ0) is 10.8. The molecule has 1 heteroatoms. The lowest BCUT2D eigenvalue weighted by atomic mass is 9.91. The minimum atomic E-state index is 0.349. The molecule has 0 aromatic heterocycles. The molecule has 84 valence electrons. The highest BCUT2D eigenvalue weighted by Crippen LogP contribution is 2.20. The van der Waals surface area contributed by atoms with Gasteiger partial charge in [0.05, 0.1) is 0 Å². The van der Waals surface area contributed by atoms with Crippen molar-refractivity contribution in [3.8, 4) is 0 Å². The van der Waals surface area contributed by atoms with E-state index in [-0.39, 0.29) is 0 Å². The van der Waals surface area contributed by atoms with Gasteiger partial charge in [-0.25, -0.2) is 0 Å². The van der Waals surface area contributed by atoms with Gasteiger partial charge in [0.25, 0.3) is 0 Å². The van der Waals surface area contributed by atoms with Crippen LogP contribution in [0.25, 0.3) is 0 Å². The van der Waals surface area contributed by atoms with E-state index in [0.717, 1.165) is 18.8 Å². The molecular weight excluding hydrogens is 172 g/mol. The summed E-state index contributed by atoms with van der Waals surface area (Å²) in [6, 6.07) is 0. The quantitative estimate of drug-likeness (QED) is 0.503. The van der Waals surface area contributed by atoms with E-state index in [1.54, 1.807) is 6.92 Å². The average Bonchev–Trinajstić information content (AvgIpc) is 2.14. The maximum Gasteiger partial charge on any atom is 0.129 e. The Bertz CT molecular complexity index is 140. The summed E-state index contributed by atoms with van der Waals surface area (Å²) in [5, 5.41) is 0. The van der Waals surface area contributed by atoms with Crippen LogP contribution in [-0.4, -0.2) is 5.78 Å². The van der Waals surface area contributed by atoms with Crippen molar-refractivity contribution in [1.82, 2.24) is 0 Å². The van der Waals surface area contributed by atoms with Crippen molar-refractivity contribution in [3.05, 3.63) is 0 Å². The molecule has 0 heterocycles. The molecule has 0 aliphatic carbocycles. The topological polar surface area (TPSA) is 17.1 Å². The second kappa shape index (κ2) is 9.23. The van der Waals surface area contributed by atoms with Gasteiger partial charge in [0.15, 0.2) is 0 Å². The maximum atomic E-state index is 10.9. The van der Waals surface area contributed by atoms with E-state index in [2.05, 4.69) is 13.8 Å². The number of carbonyl (C=O) groups is 1. The third-order valence-corrected chi connectivity index (χ3v) is 2.82. The molecule has 0 saturated carbocycles. The minimum absolute atomic E-state index is 0.349. The van der Waals surface area contributed by atoms with Crippen molar-refractivity contribution in [2.24, 2.45) is 5.92 Å². The van der Waals surface area contributed by atoms with Gasteiger partial charge in [-0.15, -0.1) is 0 Å². The molecule has 0 bridgehead atoms. The molecule has 1 unspecified atom stereocenters. The highest BCUT2D eigenvalue weighted by molar-refractivity contribution is 5.75. The van der Waals surface area contributed by atoms with Crippen LogP contribution >= 0.6 is 0 Å². The Morgan fingerprint density at radius 1 is 1.00 bits per heavy atom. The molecule has 1 nitrogen and oxygen atoms in total. The smallest absolute Gasteiger partial charge is 0.129 e. The number of Topliss-reactive ketones (excluding diaryl/α,β-unsaturated/α-hetero) is 1. The second-order valence-electron chi connectivity index (χ2n) is 4.39. The van der Waals surface area contributed by atoms with Crippen molar-refractivity contribution >= 4 is 5.78 Å². The fourth-order valence-corrected chi connectivity index (χ4v) is 1.93. The third-order valence-electron chi connectivity index (χ3n) is 2.82. The fourth-order valence-electron chi connectivity index (χ4n) is 1.93. The van der Waals surface area contributed by atoms with Crippen LogP contribution in [0.5, 0.6) is 0 Å². The largest absolute Gasteiger partial charge is 0.300 e. The first-order valence-corrected chi connectivity index (χ1v) is 6.20. The first-order valence-electron chi connectivity index (χ1n) is 6.20. The van der Waals surface area contributed by atoms with E-state index in [1.165, 1.54) is 38.5 Å². The van der Waals surface area contributed by atoms with Crippen molar-refractivity contribution in [1.29, 1.82) is 0 Å². The molecule has 0 fully saturated rings. The Balaban J connectivity index is 3.59. The molecule has 0 aliphatic heterocycles. The predicted octanol–water partition coefficient (Wildman–Crippen LogP) is 4.35.